The lowest BCUT2D eigenvalue weighted by molar-refractivity contribution is -0.677. The van der Waals surface area contributed by atoms with E-state index >= 15 is 0 Å². The molecule has 0 unspecified atom stereocenters. The second-order valence-corrected chi connectivity index (χ2v) is 7.48. The van der Waals surface area contributed by atoms with Crippen LogP contribution in [0.1, 0.15) is 48.6 Å². The van der Waals surface area contributed by atoms with Gasteiger partial charge >= 0.3 is 0 Å². The molecule has 1 amide bonds. The molecule has 0 atom stereocenters. The number of amides is 1. The van der Waals surface area contributed by atoms with Crippen molar-refractivity contribution in [1.82, 2.24) is 9.47 Å². The van der Waals surface area contributed by atoms with Gasteiger partial charge in [0.25, 0.3) is 5.82 Å². The summed E-state index contributed by atoms with van der Waals surface area (Å²) in [6, 6.07) is 5.85. The number of aromatic nitrogens is 2. The SMILES string of the molecule is Cc1n(CCN(C)C(=O)Cc2cccc(C3CCCC3)c2O)cc[n+]1C. The van der Waals surface area contributed by atoms with Crippen LogP contribution in [0.15, 0.2) is 30.6 Å². The molecule has 0 spiro atoms. The number of aromatic hydroxyl groups is 1. The smallest absolute Gasteiger partial charge is 0.253 e. The van der Waals surface area contributed by atoms with Gasteiger partial charge in [-0.05, 0) is 24.3 Å². The first-order valence-corrected chi connectivity index (χ1v) is 9.53. The number of imidazole rings is 1. The molecule has 5 heteroatoms. The number of nitrogens with zero attached hydrogens (tertiary/aromatic N) is 3. The maximum absolute atomic E-state index is 12.6. The van der Waals surface area contributed by atoms with Crippen LogP contribution in [0.5, 0.6) is 5.75 Å². The number of hydrogen-bond acceptors (Lipinski definition) is 2. The highest BCUT2D eigenvalue weighted by atomic mass is 16.3. The largest absolute Gasteiger partial charge is 0.507 e. The Kier molecular flexibility index (Phi) is 5.64. The lowest BCUT2D eigenvalue weighted by atomic mass is 9.93. The zero-order chi connectivity index (χ0) is 18.7. The molecule has 1 heterocycles. The van der Waals surface area contributed by atoms with E-state index in [0.29, 0.717) is 18.2 Å². The molecule has 0 radical (unpaired) electrons. The predicted octanol–water partition coefficient (Wildman–Crippen LogP) is 2.69. The van der Waals surface area contributed by atoms with E-state index in [1.165, 1.54) is 12.8 Å². The van der Waals surface area contributed by atoms with Crippen molar-refractivity contribution >= 4 is 5.91 Å². The Hall–Kier alpha value is -2.30. The lowest BCUT2D eigenvalue weighted by Gasteiger charge is -2.18. The summed E-state index contributed by atoms with van der Waals surface area (Å²) in [4.78, 5) is 14.4. The van der Waals surface area contributed by atoms with E-state index in [1.807, 2.05) is 44.7 Å². The van der Waals surface area contributed by atoms with Crippen LogP contribution in [0.25, 0.3) is 0 Å². The fraction of sp³-hybridized carbons (Fsp3) is 0.524. The Morgan fingerprint density at radius 3 is 2.73 bits per heavy atom. The van der Waals surface area contributed by atoms with E-state index in [-0.39, 0.29) is 12.3 Å². The average Bonchev–Trinajstić information content (AvgIpc) is 3.26. The van der Waals surface area contributed by atoms with Gasteiger partial charge < -0.3 is 10.0 Å². The molecule has 5 nitrogen and oxygen atoms in total. The number of phenolic OH excluding ortho intramolecular Hbond substituents is 1. The van der Waals surface area contributed by atoms with Crippen LogP contribution in [-0.2, 0) is 24.8 Å². The van der Waals surface area contributed by atoms with Crippen LogP contribution in [0.2, 0.25) is 0 Å². The van der Waals surface area contributed by atoms with Crippen LogP contribution in [-0.4, -0.2) is 34.1 Å². The Balaban J connectivity index is 1.62. The highest BCUT2D eigenvalue weighted by Gasteiger charge is 2.22. The van der Waals surface area contributed by atoms with E-state index in [4.69, 9.17) is 0 Å². The number of hydrogen-bond donors (Lipinski definition) is 1. The van der Waals surface area contributed by atoms with Gasteiger partial charge in [0.15, 0.2) is 0 Å². The number of benzene rings is 1. The second-order valence-electron chi connectivity index (χ2n) is 7.48. The molecule has 1 aliphatic carbocycles. The summed E-state index contributed by atoms with van der Waals surface area (Å²) in [5.41, 5.74) is 1.76. The third-order valence-electron chi connectivity index (χ3n) is 5.79. The Morgan fingerprint density at radius 2 is 2.08 bits per heavy atom. The molecule has 0 bridgehead atoms. The molecule has 1 saturated carbocycles. The van der Waals surface area contributed by atoms with Crippen LogP contribution in [0.4, 0.5) is 0 Å². The second kappa shape index (κ2) is 7.94. The molecule has 1 aromatic heterocycles. The van der Waals surface area contributed by atoms with Crippen molar-refractivity contribution in [3.8, 4) is 5.75 Å². The number of para-hydroxylation sites is 1. The molecule has 0 saturated heterocycles. The molecule has 3 rings (SSSR count). The van der Waals surface area contributed by atoms with E-state index in [2.05, 4.69) is 16.1 Å². The average molecular weight is 356 g/mol. The normalized spacial score (nSPS) is 14.7. The quantitative estimate of drug-likeness (QED) is 0.809. The van der Waals surface area contributed by atoms with Crippen molar-refractivity contribution in [2.45, 2.75) is 51.5 Å². The van der Waals surface area contributed by atoms with Crippen molar-refractivity contribution in [3.63, 3.8) is 0 Å². The van der Waals surface area contributed by atoms with Gasteiger partial charge in [-0.25, -0.2) is 9.13 Å². The molecule has 1 aliphatic rings. The fourth-order valence-corrected chi connectivity index (χ4v) is 3.84. The van der Waals surface area contributed by atoms with Gasteiger partial charge in [-0.1, -0.05) is 31.0 Å². The van der Waals surface area contributed by atoms with Gasteiger partial charge in [0.05, 0.1) is 20.0 Å². The lowest BCUT2D eigenvalue weighted by Crippen LogP contribution is -2.33. The summed E-state index contributed by atoms with van der Waals surface area (Å²) in [6.07, 6.45) is 9.03. The van der Waals surface area contributed by atoms with Gasteiger partial charge in [-0.2, -0.15) is 0 Å². The standard InChI is InChI=1S/C21H29N3O2/c1-16-22(2)11-13-24(16)14-12-23(3)20(25)15-18-9-6-10-19(21(18)26)17-7-4-5-8-17/h6,9-11,13,17H,4-5,7-8,12,14-15H2,1-3H3/p+1. The van der Waals surface area contributed by atoms with E-state index in [0.717, 1.165) is 36.3 Å². The maximum Gasteiger partial charge on any atom is 0.253 e. The Bertz CT molecular complexity index is 776. The van der Waals surface area contributed by atoms with E-state index in [9.17, 15) is 9.90 Å². The van der Waals surface area contributed by atoms with Crippen LogP contribution in [0, 0.1) is 6.92 Å². The molecular weight excluding hydrogens is 326 g/mol. The monoisotopic (exact) mass is 356 g/mol. The summed E-state index contributed by atoms with van der Waals surface area (Å²) in [5.74, 6) is 1.97. The minimum atomic E-state index is 0.0399. The topological polar surface area (TPSA) is 49.4 Å². The van der Waals surface area contributed by atoms with Gasteiger partial charge in [0, 0.05) is 19.5 Å². The molecule has 1 aromatic carbocycles. The van der Waals surface area contributed by atoms with Gasteiger partial charge in [-0.3, -0.25) is 4.79 Å². The highest BCUT2D eigenvalue weighted by Crippen LogP contribution is 2.39. The number of aryl methyl sites for hydroxylation is 1. The number of rotatable bonds is 6. The highest BCUT2D eigenvalue weighted by molar-refractivity contribution is 5.79. The molecule has 1 N–H and O–H groups in total. The fourth-order valence-electron chi connectivity index (χ4n) is 3.84. The van der Waals surface area contributed by atoms with E-state index in [1.54, 1.807) is 4.90 Å². The van der Waals surface area contributed by atoms with Gasteiger partial charge in [0.2, 0.25) is 5.91 Å². The number of carbonyl (C=O) groups excluding carboxylic acids is 1. The first kappa shape index (κ1) is 18.5. The van der Waals surface area contributed by atoms with Crippen molar-refractivity contribution in [2.75, 3.05) is 13.6 Å². The molecule has 0 aliphatic heterocycles. The third kappa shape index (κ3) is 3.92. The maximum atomic E-state index is 12.6. The van der Waals surface area contributed by atoms with Crippen molar-refractivity contribution in [1.29, 1.82) is 0 Å². The first-order valence-electron chi connectivity index (χ1n) is 9.53. The summed E-state index contributed by atoms with van der Waals surface area (Å²) in [7, 11) is 3.85. The first-order chi connectivity index (χ1) is 12.5. The van der Waals surface area contributed by atoms with Gasteiger partial charge in [0.1, 0.15) is 24.7 Å². The minimum Gasteiger partial charge on any atom is -0.507 e. The number of likely N-dealkylation sites (N-methyl/N-ethyl adjacent to an activating group) is 1. The zero-order valence-electron chi connectivity index (χ0n) is 16.1. The Morgan fingerprint density at radius 1 is 1.35 bits per heavy atom. The van der Waals surface area contributed by atoms with Crippen LogP contribution < -0.4 is 4.57 Å². The van der Waals surface area contributed by atoms with Crippen molar-refractivity contribution in [2.24, 2.45) is 7.05 Å². The number of phenols is 1. The summed E-state index contributed by atoms with van der Waals surface area (Å²) < 4.78 is 4.20. The molecule has 26 heavy (non-hydrogen) atoms. The van der Waals surface area contributed by atoms with E-state index < -0.39 is 0 Å². The zero-order valence-corrected chi connectivity index (χ0v) is 16.1. The Labute approximate surface area is 155 Å². The van der Waals surface area contributed by atoms with Crippen LogP contribution in [0.3, 0.4) is 0 Å². The summed E-state index contributed by atoms with van der Waals surface area (Å²) >= 11 is 0. The molecule has 1 fully saturated rings. The number of carbonyl (C=O) groups is 1. The molecule has 2 aromatic rings. The molecule has 140 valence electrons. The van der Waals surface area contributed by atoms with Crippen molar-refractivity contribution in [3.05, 3.63) is 47.5 Å². The predicted molar refractivity (Wildman–Crippen MR) is 101 cm³/mol. The third-order valence-corrected chi connectivity index (χ3v) is 5.79. The van der Waals surface area contributed by atoms with Gasteiger partial charge in [-0.15, -0.1) is 0 Å². The van der Waals surface area contributed by atoms with Crippen molar-refractivity contribution < 1.29 is 14.5 Å². The van der Waals surface area contributed by atoms with Crippen LogP contribution >= 0.6 is 0 Å². The summed E-state index contributed by atoms with van der Waals surface area (Å²) in [6.45, 7) is 3.48. The molecular formula is C21H30N3O2+. The summed E-state index contributed by atoms with van der Waals surface area (Å²) in [5, 5.41) is 10.6. The minimum absolute atomic E-state index is 0.0399.